The first-order chi connectivity index (χ1) is 13.4. The Morgan fingerprint density at radius 3 is 2.22 bits per heavy atom. The molecule has 5 heteroatoms. The monoisotopic (exact) mass is 355 g/mol. The van der Waals surface area contributed by atoms with Crippen molar-refractivity contribution in [2.45, 2.75) is 0 Å². The van der Waals surface area contributed by atoms with Gasteiger partial charge in [-0.2, -0.15) is 0 Å². The number of rotatable bonds is 3. The third-order valence-corrected chi connectivity index (χ3v) is 5.15. The van der Waals surface area contributed by atoms with Crippen molar-refractivity contribution in [1.82, 2.24) is 15.0 Å². The molecule has 1 N–H and O–H groups in total. The van der Waals surface area contributed by atoms with Crippen LogP contribution in [0.2, 0.25) is 0 Å². The standard InChI is InChI=1S/C22H21N5/c1-2-6-20-19(5-1)24-22(25-20)17-8-10-18(11-9-17)26-13-15-27(16-14-26)21-7-3-4-12-23-21/h1-12H,13-16H2,(H,24,25). The van der Waals surface area contributed by atoms with Crippen LogP contribution in [0.25, 0.3) is 22.4 Å². The minimum Gasteiger partial charge on any atom is -0.368 e. The molecule has 5 rings (SSSR count). The molecule has 27 heavy (non-hydrogen) atoms. The van der Waals surface area contributed by atoms with Crippen molar-refractivity contribution in [1.29, 1.82) is 0 Å². The molecule has 1 aliphatic rings. The first-order valence-corrected chi connectivity index (χ1v) is 9.33. The Hall–Kier alpha value is -3.34. The summed E-state index contributed by atoms with van der Waals surface area (Å²) in [5.74, 6) is 1.99. The van der Waals surface area contributed by atoms with E-state index in [1.807, 2.05) is 36.5 Å². The van der Waals surface area contributed by atoms with Crippen molar-refractivity contribution < 1.29 is 0 Å². The van der Waals surface area contributed by atoms with Crippen molar-refractivity contribution in [3.8, 4) is 11.4 Å². The van der Waals surface area contributed by atoms with Crippen LogP contribution in [0.5, 0.6) is 0 Å². The molecule has 0 spiro atoms. The van der Waals surface area contributed by atoms with Crippen LogP contribution in [-0.4, -0.2) is 41.1 Å². The zero-order valence-electron chi connectivity index (χ0n) is 15.0. The lowest BCUT2D eigenvalue weighted by Gasteiger charge is -2.36. The van der Waals surface area contributed by atoms with Crippen LogP contribution in [0, 0.1) is 0 Å². The fourth-order valence-corrected chi connectivity index (χ4v) is 3.65. The molecule has 1 fully saturated rings. The number of piperazine rings is 1. The van der Waals surface area contributed by atoms with Gasteiger partial charge in [-0.1, -0.05) is 18.2 Å². The number of para-hydroxylation sites is 2. The van der Waals surface area contributed by atoms with Gasteiger partial charge in [0.1, 0.15) is 11.6 Å². The maximum atomic E-state index is 4.69. The average Bonchev–Trinajstić information content (AvgIpc) is 3.19. The summed E-state index contributed by atoms with van der Waals surface area (Å²) in [6.45, 7) is 3.98. The van der Waals surface area contributed by atoms with E-state index < -0.39 is 0 Å². The molecule has 5 nitrogen and oxygen atoms in total. The summed E-state index contributed by atoms with van der Waals surface area (Å²) in [4.78, 5) is 17.3. The van der Waals surface area contributed by atoms with Gasteiger partial charge < -0.3 is 14.8 Å². The van der Waals surface area contributed by atoms with Crippen LogP contribution in [-0.2, 0) is 0 Å². The van der Waals surface area contributed by atoms with Gasteiger partial charge in [0.25, 0.3) is 0 Å². The minimum absolute atomic E-state index is 0.919. The SMILES string of the molecule is c1ccc(N2CCN(c3ccc(-c4nc5ccccc5[nH]4)cc3)CC2)nc1. The van der Waals surface area contributed by atoms with E-state index in [1.54, 1.807) is 0 Å². The van der Waals surface area contributed by atoms with Crippen molar-refractivity contribution in [2.24, 2.45) is 0 Å². The van der Waals surface area contributed by atoms with Crippen LogP contribution >= 0.6 is 0 Å². The molecular formula is C22H21N5. The molecule has 0 atom stereocenters. The lowest BCUT2D eigenvalue weighted by molar-refractivity contribution is 0.647. The van der Waals surface area contributed by atoms with Crippen LogP contribution in [0.1, 0.15) is 0 Å². The summed E-state index contributed by atoms with van der Waals surface area (Å²) in [5.41, 5.74) is 4.45. The van der Waals surface area contributed by atoms with E-state index in [4.69, 9.17) is 0 Å². The first-order valence-electron chi connectivity index (χ1n) is 9.33. The summed E-state index contributed by atoms with van der Waals surface area (Å²) < 4.78 is 0. The number of H-pyrrole nitrogens is 1. The Balaban J connectivity index is 1.29. The highest BCUT2D eigenvalue weighted by molar-refractivity contribution is 5.79. The third-order valence-electron chi connectivity index (χ3n) is 5.15. The van der Waals surface area contributed by atoms with Gasteiger partial charge in [0.2, 0.25) is 0 Å². The maximum Gasteiger partial charge on any atom is 0.138 e. The molecule has 0 saturated carbocycles. The molecule has 1 saturated heterocycles. The highest BCUT2D eigenvalue weighted by atomic mass is 15.3. The number of imidazole rings is 1. The smallest absolute Gasteiger partial charge is 0.138 e. The van der Waals surface area contributed by atoms with Gasteiger partial charge in [0.05, 0.1) is 11.0 Å². The van der Waals surface area contributed by atoms with E-state index in [2.05, 4.69) is 61.1 Å². The van der Waals surface area contributed by atoms with E-state index in [0.29, 0.717) is 0 Å². The lowest BCUT2D eigenvalue weighted by atomic mass is 10.1. The van der Waals surface area contributed by atoms with E-state index in [9.17, 15) is 0 Å². The molecule has 0 aliphatic carbocycles. The highest BCUT2D eigenvalue weighted by Gasteiger charge is 2.18. The molecule has 0 amide bonds. The molecule has 4 aromatic rings. The number of benzene rings is 2. The number of anilines is 2. The molecule has 0 bridgehead atoms. The Morgan fingerprint density at radius 1 is 0.741 bits per heavy atom. The fraction of sp³-hybridized carbons (Fsp3) is 0.182. The van der Waals surface area contributed by atoms with Gasteiger partial charge in [0.15, 0.2) is 0 Å². The van der Waals surface area contributed by atoms with Gasteiger partial charge >= 0.3 is 0 Å². The largest absolute Gasteiger partial charge is 0.368 e. The summed E-state index contributed by atoms with van der Waals surface area (Å²) in [6.07, 6.45) is 1.86. The van der Waals surface area contributed by atoms with Crippen molar-refractivity contribution in [3.63, 3.8) is 0 Å². The highest BCUT2D eigenvalue weighted by Crippen LogP contribution is 2.24. The number of hydrogen-bond donors (Lipinski definition) is 1. The second kappa shape index (κ2) is 6.76. The quantitative estimate of drug-likeness (QED) is 0.604. The van der Waals surface area contributed by atoms with E-state index in [0.717, 1.165) is 54.4 Å². The molecule has 3 heterocycles. The molecule has 134 valence electrons. The molecule has 0 radical (unpaired) electrons. The van der Waals surface area contributed by atoms with Crippen molar-refractivity contribution in [2.75, 3.05) is 36.0 Å². The zero-order chi connectivity index (χ0) is 18.1. The molecule has 1 aliphatic heterocycles. The zero-order valence-corrected chi connectivity index (χ0v) is 15.0. The predicted octanol–water partition coefficient (Wildman–Crippen LogP) is 3.95. The minimum atomic E-state index is 0.919. The number of fused-ring (bicyclic) bond motifs is 1. The Bertz CT molecular complexity index is 998. The second-order valence-corrected chi connectivity index (χ2v) is 6.81. The van der Waals surface area contributed by atoms with Crippen LogP contribution < -0.4 is 9.80 Å². The van der Waals surface area contributed by atoms with E-state index in [-0.39, 0.29) is 0 Å². The number of nitrogens with zero attached hydrogens (tertiary/aromatic N) is 4. The number of hydrogen-bond acceptors (Lipinski definition) is 4. The van der Waals surface area contributed by atoms with Gasteiger partial charge in [-0.3, -0.25) is 0 Å². The topological polar surface area (TPSA) is 48.0 Å². The van der Waals surface area contributed by atoms with Crippen molar-refractivity contribution >= 4 is 22.5 Å². The normalized spacial score (nSPS) is 14.7. The summed E-state index contributed by atoms with van der Waals surface area (Å²) in [6, 6.07) is 22.9. The van der Waals surface area contributed by atoms with Gasteiger partial charge in [0, 0.05) is 43.6 Å². The van der Waals surface area contributed by atoms with Crippen LogP contribution in [0.3, 0.4) is 0 Å². The fourth-order valence-electron chi connectivity index (χ4n) is 3.65. The van der Waals surface area contributed by atoms with Crippen LogP contribution in [0.4, 0.5) is 11.5 Å². The number of aromatic nitrogens is 3. The summed E-state index contributed by atoms with van der Waals surface area (Å²) in [5, 5.41) is 0. The first kappa shape index (κ1) is 15.9. The molecule has 0 unspecified atom stereocenters. The number of pyridine rings is 1. The summed E-state index contributed by atoms with van der Waals surface area (Å²) in [7, 11) is 0. The third kappa shape index (κ3) is 3.12. The Kier molecular flexibility index (Phi) is 3.98. The number of aromatic amines is 1. The van der Waals surface area contributed by atoms with Gasteiger partial charge in [-0.25, -0.2) is 9.97 Å². The molecule has 2 aromatic carbocycles. The Labute approximate surface area is 158 Å². The van der Waals surface area contributed by atoms with Gasteiger partial charge in [-0.05, 0) is 48.5 Å². The van der Waals surface area contributed by atoms with Gasteiger partial charge in [-0.15, -0.1) is 0 Å². The molecular weight excluding hydrogens is 334 g/mol. The lowest BCUT2D eigenvalue weighted by Crippen LogP contribution is -2.46. The average molecular weight is 355 g/mol. The molecule has 2 aromatic heterocycles. The van der Waals surface area contributed by atoms with E-state index in [1.165, 1.54) is 5.69 Å². The van der Waals surface area contributed by atoms with Crippen molar-refractivity contribution in [3.05, 3.63) is 72.9 Å². The maximum absolute atomic E-state index is 4.69. The van der Waals surface area contributed by atoms with Crippen LogP contribution in [0.15, 0.2) is 72.9 Å². The predicted molar refractivity (Wildman–Crippen MR) is 110 cm³/mol. The summed E-state index contributed by atoms with van der Waals surface area (Å²) >= 11 is 0. The second-order valence-electron chi connectivity index (χ2n) is 6.81. The van der Waals surface area contributed by atoms with E-state index >= 15 is 0 Å². The Morgan fingerprint density at radius 2 is 1.48 bits per heavy atom. The number of nitrogens with one attached hydrogen (secondary N) is 1.